The predicted octanol–water partition coefficient (Wildman–Crippen LogP) is 4.22. The van der Waals surface area contributed by atoms with Gasteiger partial charge >= 0.3 is 6.18 Å². The minimum Gasteiger partial charge on any atom is -0.360 e. The van der Waals surface area contributed by atoms with E-state index in [1.165, 1.54) is 0 Å². The zero-order valence-electron chi connectivity index (χ0n) is 20.1. The number of aromatic nitrogens is 4. The molecule has 0 unspecified atom stereocenters. The molecule has 0 atom stereocenters. The standard InChI is InChI=1S/C25H24F3N7O2S/c26-25(27,28)21-11-16(10-19(33-21)18-2-1-6-30-18)14-29-13-15-4-8-35(9-5-15)23-31-7-3-17(32-23)12-20-22(36)34-24(37)38-20/h1-3,6-7,10-12,15,29-30H,4-5,8-9,13-14H2,(H,34,36,37). The maximum Gasteiger partial charge on any atom is 0.433 e. The Labute approximate surface area is 220 Å². The van der Waals surface area contributed by atoms with Crippen LogP contribution in [0.4, 0.5) is 23.9 Å². The predicted molar refractivity (Wildman–Crippen MR) is 137 cm³/mol. The molecule has 0 radical (unpaired) electrons. The van der Waals surface area contributed by atoms with E-state index in [1.807, 2.05) is 0 Å². The van der Waals surface area contributed by atoms with Gasteiger partial charge in [-0.2, -0.15) is 13.2 Å². The van der Waals surface area contributed by atoms with E-state index in [4.69, 9.17) is 0 Å². The molecule has 0 bridgehead atoms. The van der Waals surface area contributed by atoms with Crippen molar-refractivity contribution in [3.05, 3.63) is 64.6 Å². The van der Waals surface area contributed by atoms with Crippen LogP contribution in [0.3, 0.4) is 0 Å². The van der Waals surface area contributed by atoms with Crippen LogP contribution in [0.25, 0.3) is 17.5 Å². The lowest BCUT2D eigenvalue weighted by Crippen LogP contribution is -2.38. The van der Waals surface area contributed by atoms with Gasteiger partial charge in [0.2, 0.25) is 5.95 Å². The fourth-order valence-corrected chi connectivity index (χ4v) is 5.04. The van der Waals surface area contributed by atoms with Gasteiger partial charge < -0.3 is 15.2 Å². The second-order valence-corrected chi connectivity index (χ2v) is 10.0. The Kier molecular flexibility index (Phi) is 7.47. The van der Waals surface area contributed by atoms with Crippen LogP contribution in [0.5, 0.6) is 0 Å². The van der Waals surface area contributed by atoms with Crippen LogP contribution < -0.4 is 15.5 Å². The molecule has 2 aliphatic rings. The summed E-state index contributed by atoms with van der Waals surface area (Å²) in [5, 5.41) is 5.12. The van der Waals surface area contributed by atoms with Gasteiger partial charge in [-0.05, 0) is 79.0 Å². The third kappa shape index (κ3) is 6.22. The SMILES string of the molecule is O=C1NC(=O)C(=Cc2ccnc(N3CCC(CNCc4cc(-c5ccc[nH]5)nc(C(F)(F)F)c4)CC3)n2)S1. The number of thioether (sulfide) groups is 1. The Morgan fingerprint density at radius 2 is 1.97 bits per heavy atom. The molecule has 0 spiro atoms. The number of nitrogens with one attached hydrogen (secondary N) is 3. The number of rotatable bonds is 7. The van der Waals surface area contributed by atoms with Crippen LogP contribution in [-0.2, 0) is 17.5 Å². The van der Waals surface area contributed by atoms with Gasteiger partial charge in [0.15, 0.2) is 0 Å². The summed E-state index contributed by atoms with van der Waals surface area (Å²) in [6.45, 7) is 2.42. The molecule has 9 nitrogen and oxygen atoms in total. The number of carbonyl (C=O) groups excluding carboxylic acids is 2. The van der Waals surface area contributed by atoms with E-state index < -0.39 is 23.0 Å². The highest BCUT2D eigenvalue weighted by Crippen LogP contribution is 2.31. The molecule has 0 aliphatic carbocycles. The second kappa shape index (κ2) is 11.0. The molecule has 5 rings (SSSR count). The van der Waals surface area contributed by atoms with Gasteiger partial charge in [0.05, 0.1) is 22.0 Å². The Hall–Kier alpha value is -3.71. The highest BCUT2D eigenvalue weighted by Gasteiger charge is 2.33. The van der Waals surface area contributed by atoms with Crippen LogP contribution in [0.15, 0.2) is 47.6 Å². The summed E-state index contributed by atoms with van der Waals surface area (Å²) in [6, 6.07) is 7.84. The van der Waals surface area contributed by atoms with Crippen molar-refractivity contribution in [2.24, 2.45) is 5.92 Å². The number of pyridine rings is 1. The highest BCUT2D eigenvalue weighted by atomic mass is 32.2. The number of carbonyl (C=O) groups is 2. The number of halogens is 3. The highest BCUT2D eigenvalue weighted by molar-refractivity contribution is 8.18. The molecule has 2 aliphatic heterocycles. The Morgan fingerprint density at radius 3 is 2.66 bits per heavy atom. The van der Waals surface area contributed by atoms with Gasteiger partial charge in [-0.1, -0.05) is 0 Å². The summed E-state index contributed by atoms with van der Waals surface area (Å²) in [4.78, 5) is 41.1. The smallest absolute Gasteiger partial charge is 0.360 e. The first-order chi connectivity index (χ1) is 18.2. The number of anilines is 1. The van der Waals surface area contributed by atoms with E-state index in [9.17, 15) is 22.8 Å². The number of hydrogen-bond donors (Lipinski definition) is 3. The van der Waals surface area contributed by atoms with Crippen molar-refractivity contribution >= 4 is 34.9 Å². The van der Waals surface area contributed by atoms with Crippen molar-refractivity contribution in [2.75, 3.05) is 24.5 Å². The molecule has 2 fully saturated rings. The zero-order valence-corrected chi connectivity index (χ0v) is 20.9. The summed E-state index contributed by atoms with van der Waals surface area (Å²) < 4.78 is 40.2. The van der Waals surface area contributed by atoms with E-state index in [0.29, 0.717) is 46.8 Å². The van der Waals surface area contributed by atoms with Crippen molar-refractivity contribution < 1.29 is 22.8 Å². The number of imide groups is 1. The minimum absolute atomic E-state index is 0.256. The van der Waals surface area contributed by atoms with Crippen molar-refractivity contribution in [1.82, 2.24) is 30.6 Å². The van der Waals surface area contributed by atoms with Gasteiger partial charge in [0.1, 0.15) is 5.69 Å². The number of piperidine rings is 1. The van der Waals surface area contributed by atoms with E-state index in [0.717, 1.165) is 43.8 Å². The first-order valence-corrected chi connectivity index (χ1v) is 12.8. The minimum atomic E-state index is -4.53. The van der Waals surface area contributed by atoms with Gasteiger partial charge in [-0.15, -0.1) is 0 Å². The molecule has 0 saturated carbocycles. The van der Waals surface area contributed by atoms with Crippen LogP contribution in [-0.4, -0.2) is 50.7 Å². The summed E-state index contributed by atoms with van der Waals surface area (Å²) in [7, 11) is 0. The molecule has 13 heteroatoms. The Bertz CT molecular complexity index is 1350. The lowest BCUT2D eigenvalue weighted by Gasteiger charge is -2.32. The molecule has 2 amide bonds. The van der Waals surface area contributed by atoms with Crippen LogP contribution >= 0.6 is 11.8 Å². The number of H-pyrrole nitrogens is 1. The number of amides is 2. The zero-order chi connectivity index (χ0) is 26.7. The van der Waals surface area contributed by atoms with Crippen molar-refractivity contribution in [2.45, 2.75) is 25.6 Å². The molecule has 3 aromatic heterocycles. The number of nitrogens with zero attached hydrogens (tertiary/aromatic N) is 4. The summed E-state index contributed by atoms with van der Waals surface area (Å²) in [6.07, 6.45) is 2.04. The van der Waals surface area contributed by atoms with Gasteiger partial charge in [-0.25, -0.2) is 15.0 Å². The van der Waals surface area contributed by atoms with Crippen molar-refractivity contribution in [3.8, 4) is 11.4 Å². The Balaban J connectivity index is 1.16. The second-order valence-electron chi connectivity index (χ2n) is 9.02. The first-order valence-electron chi connectivity index (χ1n) is 12.0. The fourth-order valence-electron chi connectivity index (χ4n) is 4.37. The first kappa shape index (κ1) is 25.9. The summed E-state index contributed by atoms with van der Waals surface area (Å²) in [5.41, 5.74) is 0.939. The topological polar surface area (TPSA) is 116 Å². The van der Waals surface area contributed by atoms with E-state index >= 15 is 0 Å². The molecule has 3 aromatic rings. The Morgan fingerprint density at radius 1 is 1.16 bits per heavy atom. The molecule has 198 valence electrons. The van der Waals surface area contributed by atoms with Crippen LogP contribution in [0.1, 0.15) is 29.8 Å². The molecular weight excluding hydrogens is 519 g/mol. The fraction of sp³-hybridized carbons (Fsp3) is 0.320. The van der Waals surface area contributed by atoms with Crippen molar-refractivity contribution in [3.63, 3.8) is 0 Å². The van der Waals surface area contributed by atoms with Gasteiger partial charge in [0.25, 0.3) is 11.1 Å². The number of aromatic amines is 1. The van der Waals surface area contributed by atoms with E-state index in [1.54, 1.807) is 42.7 Å². The van der Waals surface area contributed by atoms with Gasteiger partial charge in [-0.3, -0.25) is 14.9 Å². The molecule has 3 N–H and O–H groups in total. The largest absolute Gasteiger partial charge is 0.433 e. The third-order valence-electron chi connectivity index (χ3n) is 6.29. The summed E-state index contributed by atoms with van der Waals surface area (Å²) in [5.74, 6) is 0.470. The monoisotopic (exact) mass is 543 g/mol. The van der Waals surface area contributed by atoms with E-state index in [2.05, 4.69) is 35.5 Å². The molecule has 0 aromatic carbocycles. The lowest BCUT2D eigenvalue weighted by molar-refractivity contribution is -0.141. The maximum atomic E-state index is 13.4. The molecule has 5 heterocycles. The number of alkyl halides is 3. The maximum absolute atomic E-state index is 13.4. The summed E-state index contributed by atoms with van der Waals surface area (Å²) >= 11 is 0.838. The van der Waals surface area contributed by atoms with Crippen LogP contribution in [0, 0.1) is 5.92 Å². The normalized spacial score (nSPS) is 17.9. The van der Waals surface area contributed by atoms with E-state index in [-0.39, 0.29) is 5.69 Å². The molecular formula is C25H24F3N7O2S. The van der Waals surface area contributed by atoms with Gasteiger partial charge in [0, 0.05) is 32.0 Å². The lowest BCUT2D eigenvalue weighted by atomic mass is 9.97. The average Bonchev–Trinajstić information content (AvgIpc) is 3.54. The quantitative estimate of drug-likeness (QED) is 0.380. The average molecular weight is 544 g/mol. The third-order valence-corrected chi connectivity index (χ3v) is 7.11. The number of hydrogen-bond acceptors (Lipinski definition) is 8. The molecule has 38 heavy (non-hydrogen) atoms. The van der Waals surface area contributed by atoms with Crippen molar-refractivity contribution in [1.29, 1.82) is 0 Å². The van der Waals surface area contributed by atoms with Crippen LogP contribution in [0.2, 0.25) is 0 Å². The molecule has 2 saturated heterocycles.